The maximum absolute atomic E-state index is 12.6. The van der Waals surface area contributed by atoms with Crippen molar-refractivity contribution in [3.05, 3.63) is 29.8 Å². The van der Waals surface area contributed by atoms with Gasteiger partial charge in [-0.2, -0.15) is 4.39 Å². The summed E-state index contributed by atoms with van der Waals surface area (Å²) in [7, 11) is 0. The Bertz CT molecular complexity index is 377. The van der Waals surface area contributed by atoms with Crippen molar-refractivity contribution in [2.75, 3.05) is 13.2 Å². The third-order valence-electron chi connectivity index (χ3n) is 2.51. The molecule has 0 bridgehead atoms. The lowest BCUT2D eigenvalue weighted by molar-refractivity contribution is 0.0927. The van der Waals surface area contributed by atoms with Crippen LogP contribution >= 0.6 is 0 Å². The molecule has 1 aromatic rings. The van der Waals surface area contributed by atoms with E-state index < -0.39 is 5.95 Å². The lowest BCUT2D eigenvalue weighted by atomic mass is 9.90. The number of carbonyl (C=O) groups is 1. The molecular formula is C12H17FN2O2. The maximum Gasteiger partial charge on any atom is 0.252 e. The molecule has 0 fully saturated rings. The van der Waals surface area contributed by atoms with Gasteiger partial charge < -0.3 is 10.4 Å². The lowest BCUT2D eigenvalue weighted by Gasteiger charge is -2.23. The van der Waals surface area contributed by atoms with E-state index >= 15 is 0 Å². The zero-order valence-electron chi connectivity index (χ0n) is 10.0. The van der Waals surface area contributed by atoms with Crippen molar-refractivity contribution in [1.82, 2.24) is 10.3 Å². The summed E-state index contributed by atoms with van der Waals surface area (Å²) in [5.41, 5.74) is 0.156. The van der Waals surface area contributed by atoms with E-state index in [-0.39, 0.29) is 17.9 Å². The molecule has 0 saturated heterocycles. The summed E-state index contributed by atoms with van der Waals surface area (Å²) in [4.78, 5) is 15.1. The molecule has 1 amide bonds. The Morgan fingerprint density at radius 3 is 2.76 bits per heavy atom. The molecule has 0 saturated carbocycles. The molecule has 1 heterocycles. The molecule has 0 aliphatic carbocycles. The van der Waals surface area contributed by atoms with Gasteiger partial charge in [0.15, 0.2) is 0 Å². The minimum Gasteiger partial charge on any atom is -0.396 e. The number of aromatic nitrogens is 1. The summed E-state index contributed by atoms with van der Waals surface area (Å²) in [6, 6.07) is 2.53. The molecule has 0 aliphatic rings. The summed E-state index contributed by atoms with van der Waals surface area (Å²) in [6.45, 7) is 4.43. The average molecular weight is 240 g/mol. The van der Waals surface area contributed by atoms with Gasteiger partial charge in [0, 0.05) is 19.3 Å². The van der Waals surface area contributed by atoms with Gasteiger partial charge in [-0.25, -0.2) is 4.98 Å². The quantitative estimate of drug-likeness (QED) is 0.764. The highest BCUT2D eigenvalue weighted by Gasteiger charge is 2.18. The van der Waals surface area contributed by atoms with Gasteiger partial charge in [0.05, 0.1) is 5.56 Å². The van der Waals surface area contributed by atoms with Crippen molar-refractivity contribution >= 4 is 5.91 Å². The highest BCUT2D eigenvalue weighted by Crippen LogP contribution is 2.18. The number of hydrogen-bond donors (Lipinski definition) is 2. The summed E-state index contributed by atoms with van der Waals surface area (Å²) in [5.74, 6) is -0.898. The Morgan fingerprint density at radius 1 is 1.53 bits per heavy atom. The smallest absolute Gasteiger partial charge is 0.252 e. The standard InChI is InChI=1S/C12H17FN2O2/c1-12(2,5-6-16)8-15-11(17)9-3-4-10(13)14-7-9/h3-4,7,16H,5-6,8H2,1-2H3,(H,15,17). The summed E-state index contributed by atoms with van der Waals surface area (Å²) in [6.07, 6.45) is 1.80. The van der Waals surface area contributed by atoms with Crippen LogP contribution in [0.1, 0.15) is 30.6 Å². The first-order chi connectivity index (χ1) is 7.94. The van der Waals surface area contributed by atoms with Gasteiger partial charge in [-0.15, -0.1) is 0 Å². The van der Waals surface area contributed by atoms with E-state index in [2.05, 4.69) is 10.3 Å². The Balaban J connectivity index is 2.53. The number of carbonyl (C=O) groups excluding carboxylic acids is 1. The fourth-order valence-corrected chi connectivity index (χ4v) is 1.32. The van der Waals surface area contributed by atoms with Crippen molar-refractivity contribution in [3.8, 4) is 0 Å². The predicted molar refractivity (Wildman–Crippen MR) is 62.0 cm³/mol. The Morgan fingerprint density at radius 2 is 2.24 bits per heavy atom. The number of nitrogens with zero attached hydrogens (tertiary/aromatic N) is 1. The third kappa shape index (κ3) is 4.48. The molecule has 0 radical (unpaired) electrons. The number of hydrogen-bond acceptors (Lipinski definition) is 3. The molecule has 5 heteroatoms. The van der Waals surface area contributed by atoms with Gasteiger partial charge in [-0.1, -0.05) is 13.8 Å². The van der Waals surface area contributed by atoms with Crippen molar-refractivity contribution in [2.45, 2.75) is 20.3 Å². The maximum atomic E-state index is 12.6. The van der Waals surface area contributed by atoms with Crippen molar-refractivity contribution in [3.63, 3.8) is 0 Å². The van der Waals surface area contributed by atoms with Gasteiger partial charge in [0.2, 0.25) is 5.95 Å². The molecule has 4 nitrogen and oxygen atoms in total. The van der Waals surface area contributed by atoms with Gasteiger partial charge in [0.1, 0.15) is 0 Å². The van der Waals surface area contributed by atoms with E-state index in [0.29, 0.717) is 18.5 Å². The Kier molecular flexibility index (Phi) is 4.57. The second kappa shape index (κ2) is 5.72. The van der Waals surface area contributed by atoms with Crippen LogP contribution in [-0.4, -0.2) is 29.1 Å². The minimum absolute atomic E-state index is 0.0843. The van der Waals surface area contributed by atoms with Crippen LogP contribution in [-0.2, 0) is 0 Å². The Labute approximate surface area is 99.9 Å². The number of rotatable bonds is 5. The molecule has 0 aliphatic heterocycles. The predicted octanol–water partition coefficient (Wildman–Crippen LogP) is 1.36. The normalized spacial score (nSPS) is 11.3. The van der Waals surface area contributed by atoms with Crippen LogP contribution in [0.4, 0.5) is 4.39 Å². The van der Waals surface area contributed by atoms with E-state index in [9.17, 15) is 9.18 Å². The van der Waals surface area contributed by atoms with Crippen LogP contribution in [0.3, 0.4) is 0 Å². The van der Waals surface area contributed by atoms with E-state index in [4.69, 9.17) is 5.11 Å². The van der Waals surface area contributed by atoms with Crippen LogP contribution in [0.5, 0.6) is 0 Å². The van der Waals surface area contributed by atoms with E-state index in [1.807, 2.05) is 13.8 Å². The van der Waals surface area contributed by atoms with Crippen LogP contribution in [0.25, 0.3) is 0 Å². The Hall–Kier alpha value is -1.49. The molecule has 0 unspecified atom stereocenters. The molecule has 94 valence electrons. The van der Waals surface area contributed by atoms with Crippen molar-refractivity contribution in [1.29, 1.82) is 0 Å². The largest absolute Gasteiger partial charge is 0.396 e. The first-order valence-electron chi connectivity index (χ1n) is 5.45. The molecule has 0 spiro atoms. The van der Waals surface area contributed by atoms with Gasteiger partial charge in [-0.05, 0) is 24.0 Å². The lowest BCUT2D eigenvalue weighted by Crippen LogP contribution is -2.34. The highest BCUT2D eigenvalue weighted by atomic mass is 19.1. The van der Waals surface area contributed by atoms with Crippen LogP contribution in [0, 0.1) is 11.4 Å². The summed E-state index contributed by atoms with van der Waals surface area (Å²) >= 11 is 0. The zero-order chi connectivity index (χ0) is 12.9. The van der Waals surface area contributed by atoms with Gasteiger partial charge >= 0.3 is 0 Å². The fourth-order valence-electron chi connectivity index (χ4n) is 1.32. The van der Waals surface area contributed by atoms with Crippen LogP contribution in [0.15, 0.2) is 18.3 Å². The second-order valence-corrected chi connectivity index (χ2v) is 4.69. The van der Waals surface area contributed by atoms with Gasteiger partial charge in [0.25, 0.3) is 5.91 Å². The minimum atomic E-state index is -0.609. The molecule has 2 N–H and O–H groups in total. The van der Waals surface area contributed by atoms with Crippen LogP contribution < -0.4 is 5.32 Å². The molecular weight excluding hydrogens is 223 g/mol. The fraction of sp³-hybridized carbons (Fsp3) is 0.500. The third-order valence-corrected chi connectivity index (χ3v) is 2.51. The molecule has 1 aromatic heterocycles. The van der Waals surface area contributed by atoms with E-state index in [1.54, 1.807) is 0 Å². The number of pyridine rings is 1. The highest BCUT2D eigenvalue weighted by molar-refractivity contribution is 5.93. The number of aliphatic hydroxyl groups excluding tert-OH is 1. The molecule has 1 rings (SSSR count). The molecule has 0 aromatic carbocycles. The van der Waals surface area contributed by atoms with E-state index in [0.717, 1.165) is 6.07 Å². The topological polar surface area (TPSA) is 62.2 Å². The number of amides is 1. The first-order valence-corrected chi connectivity index (χ1v) is 5.45. The van der Waals surface area contributed by atoms with Crippen molar-refractivity contribution < 1.29 is 14.3 Å². The second-order valence-electron chi connectivity index (χ2n) is 4.69. The summed E-state index contributed by atoms with van der Waals surface area (Å²) in [5, 5.41) is 11.6. The first kappa shape index (κ1) is 13.6. The molecule has 0 atom stereocenters. The summed E-state index contributed by atoms with van der Waals surface area (Å²) < 4.78 is 12.6. The monoisotopic (exact) mass is 240 g/mol. The van der Waals surface area contributed by atoms with E-state index in [1.165, 1.54) is 12.3 Å². The van der Waals surface area contributed by atoms with Crippen molar-refractivity contribution in [2.24, 2.45) is 5.41 Å². The molecule has 17 heavy (non-hydrogen) atoms. The number of nitrogens with one attached hydrogen (secondary N) is 1. The number of halogens is 1. The average Bonchev–Trinajstić information content (AvgIpc) is 2.27. The SMILES string of the molecule is CC(C)(CCO)CNC(=O)c1ccc(F)nc1. The number of aliphatic hydroxyl groups is 1. The van der Waals surface area contributed by atoms with Crippen LogP contribution in [0.2, 0.25) is 0 Å². The van der Waals surface area contributed by atoms with Gasteiger partial charge in [-0.3, -0.25) is 4.79 Å². The zero-order valence-corrected chi connectivity index (χ0v) is 10.0.